The molecular formula is C21H28N10O13P2. The van der Waals surface area contributed by atoms with Gasteiger partial charge in [0.25, 0.3) is 5.56 Å². The van der Waals surface area contributed by atoms with Crippen LogP contribution >= 0.6 is 15.9 Å². The Morgan fingerprint density at radius 3 is 2.41 bits per heavy atom. The van der Waals surface area contributed by atoms with Crippen LogP contribution < -0.4 is 17.0 Å². The fourth-order valence-electron chi connectivity index (χ4n) is 5.19. The molecule has 0 aromatic carbocycles. The molecule has 2 aliphatic heterocycles. The number of nitrogen functional groups attached to an aromatic ring is 2. The van der Waals surface area contributed by atoms with Crippen LogP contribution in [0.3, 0.4) is 0 Å². The second-order valence-corrected chi connectivity index (χ2v) is 12.6. The Bertz CT molecular complexity index is 1870. The van der Waals surface area contributed by atoms with Crippen LogP contribution in [0.2, 0.25) is 0 Å². The number of aliphatic hydroxyl groups is 3. The summed E-state index contributed by atoms with van der Waals surface area (Å²) in [4.78, 5) is 54.4. The number of H-pyrrole nitrogens is 1. The molecule has 0 amide bonds. The maximum Gasteiger partial charge on any atom is 0.472 e. The van der Waals surface area contributed by atoms with Crippen LogP contribution in [0.4, 0.5) is 11.8 Å². The standard InChI is InChI=1S/C21H28N10O13P2/c22-15-9-16(25-3-24-15)30(4-26-9)19-12(34)13(7(1-32)42-19)44-46(38,39)41-2-8-11(33)14(40-6-45(36)37)20(43-8)31-5-27-10-17(31)28-21(23)29-18(10)35/h3-5,7-8,11-14,19-20,32-34,45H,1-2,6H2,(H,36,37)(H,38,39)(H2,22,24,25)(H3,23,28,29,35)/t7-,8-,11?,12?,13?,14?,19-,20-/m1/s1. The first-order valence-corrected chi connectivity index (χ1v) is 16.4. The molecule has 25 heteroatoms. The number of aromatic amines is 1. The SMILES string of the molecule is Nc1nc2c(ncn2[C@@H]2O[C@H](COP(=O)(O)OC3C(O)[C@H](n4cnc5c(N)ncnc54)O[C@@H]3CO)C(O)C2OC[PH](=O)O)c(=O)[nH]1. The quantitative estimate of drug-likeness (QED) is 0.0724. The number of rotatable bonds is 11. The highest BCUT2D eigenvalue weighted by molar-refractivity contribution is 7.47. The number of nitrogens with zero attached hydrogens (tertiary/aromatic N) is 7. The Morgan fingerprint density at radius 2 is 1.70 bits per heavy atom. The molecule has 250 valence electrons. The van der Waals surface area contributed by atoms with Gasteiger partial charge in [0, 0.05) is 0 Å². The molecule has 4 aromatic heterocycles. The van der Waals surface area contributed by atoms with E-state index in [0.717, 1.165) is 12.7 Å². The Kier molecular flexibility index (Phi) is 8.93. The fourth-order valence-corrected chi connectivity index (χ4v) is 6.49. The summed E-state index contributed by atoms with van der Waals surface area (Å²) in [5.41, 5.74) is 11.0. The summed E-state index contributed by atoms with van der Waals surface area (Å²) < 4.78 is 54.1. The molecule has 2 saturated heterocycles. The van der Waals surface area contributed by atoms with E-state index >= 15 is 0 Å². The minimum absolute atomic E-state index is 0.0585. The number of hydrogen-bond acceptors (Lipinski definition) is 18. The molecule has 6 unspecified atom stereocenters. The fraction of sp³-hybridized carbons (Fsp3) is 0.524. The molecule has 4 aromatic rings. The van der Waals surface area contributed by atoms with E-state index < -0.39 is 90.1 Å². The zero-order chi connectivity index (χ0) is 32.9. The normalized spacial score (nSPS) is 30.3. The van der Waals surface area contributed by atoms with Crippen LogP contribution in [0.1, 0.15) is 12.5 Å². The lowest BCUT2D eigenvalue weighted by Gasteiger charge is -2.23. The lowest BCUT2D eigenvalue weighted by atomic mass is 10.1. The van der Waals surface area contributed by atoms with Crippen molar-refractivity contribution >= 4 is 49.9 Å². The van der Waals surface area contributed by atoms with Gasteiger partial charge in [0.2, 0.25) is 14.0 Å². The highest BCUT2D eigenvalue weighted by Gasteiger charge is 2.51. The Labute approximate surface area is 256 Å². The first-order valence-electron chi connectivity index (χ1n) is 13.3. The van der Waals surface area contributed by atoms with Gasteiger partial charge in [0.1, 0.15) is 54.8 Å². The molecule has 0 spiro atoms. The number of fused-ring (bicyclic) bond motifs is 2. The lowest BCUT2D eigenvalue weighted by Crippen LogP contribution is -2.37. The summed E-state index contributed by atoms with van der Waals surface area (Å²) in [6.07, 6.45) is -8.70. The number of phosphoric ester groups is 1. The van der Waals surface area contributed by atoms with Gasteiger partial charge in [-0.1, -0.05) is 0 Å². The van der Waals surface area contributed by atoms with E-state index in [-0.39, 0.29) is 34.1 Å². The zero-order valence-electron chi connectivity index (χ0n) is 23.2. The monoisotopic (exact) mass is 690 g/mol. The highest BCUT2D eigenvalue weighted by Crippen LogP contribution is 2.49. The van der Waals surface area contributed by atoms with Crippen LogP contribution in [-0.4, -0.2) is 120 Å². The van der Waals surface area contributed by atoms with Crippen LogP contribution in [-0.2, 0) is 32.4 Å². The Hall–Kier alpha value is -3.44. The van der Waals surface area contributed by atoms with Gasteiger partial charge in [0.15, 0.2) is 35.1 Å². The van der Waals surface area contributed by atoms with Gasteiger partial charge in [-0.05, 0) is 0 Å². The largest absolute Gasteiger partial charge is 0.472 e. The third-order valence-electron chi connectivity index (χ3n) is 7.24. The summed E-state index contributed by atoms with van der Waals surface area (Å²) in [6.45, 7) is -1.54. The molecule has 2 aliphatic rings. The van der Waals surface area contributed by atoms with Gasteiger partial charge in [0.05, 0.1) is 25.9 Å². The molecule has 6 rings (SSSR count). The van der Waals surface area contributed by atoms with E-state index in [1.54, 1.807) is 0 Å². The van der Waals surface area contributed by atoms with Crippen molar-refractivity contribution < 1.29 is 57.5 Å². The first kappa shape index (κ1) is 32.5. The topological polar surface area (TPSA) is 341 Å². The van der Waals surface area contributed by atoms with Crippen molar-refractivity contribution in [2.75, 3.05) is 31.0 Å². The molecule has 23 nitrogen and oxygen atoms in total. The van der Waals surface area contributed by atoms with E-state index in [1.807, 2.05) is 0 Å². The number of ether oxygens (including phenoxy) is 3. The lowest BCUT2D eigenvalue weighted by molar-refractivity contribution is -0.0649. The number of phosphoric acid groups is 1. The maximum absolute atomic E-state index is 13.0. The van der Waals surface area contributed by atoms with Crippen LogP contribution in [0, 0.1) is 0 Å². The number of aromatic nitrogens is 8. The maximum atomic E-state index is 13.0. The van der Waals surface area contributed by atoms with Crippen molar-refractivity contribution in [3.63, 3.8) is 0 Å². The average Bonchev–Trinajstić information content (AvgIpc) is 3.76. The molecular weight excluding hydrogens is 662 g/mol. The molecule has 46 heavy (non-hydrogen) atoms. The van der Waals surface area contributed by atoms with Gasteiger partial charge >= 0.3 is 7.82 Å². The smallest absolute Gasteiger partial charge is 0.394 e. The van der Waals surface area contributed by atoms with E-state index in [2.05, 4.69) is 29.9 Å². The summed E-state index contributed by atoms with van der Waals surface area (Å²) in [6, 6.07) is 0. The number of aliphatic hydroxyl groups excluding tert-OH is 3. The number of nitrogens with two attached hydrogens (primary N) is 2. The predicted octanol–water partition coefficient (Wildman–Crippen LogP) is -3.06. The first-order chi connectivity index (χ1) is 21.9. The molecule has 0 bridgehead atoms. The molecule has 0 saturated carbocycles. The molecule has 10 atom stereocenters. The van der Waals surface area contributed by atoms with Crippen LogP contribution in [0.5, 0.6) is 0 Å². The van der Waals surface area contributed by atoms with Crippen molar-refractivity contribution in [2.45, 2.75) is 49.1 Å². The Morgan fingerprint density at radius 1 is 1.00 bits per heavy atom. The van der Waals surface area contributed by atoms with E-state index in [0.29, 0.717) is 0 Å². The summed E-state index contributed by atoms with van der Waals surface area (Å²) >= 11 is 0. The zero-order valence-corrected chi connectivity index (χ0v) is 25.1. The summed E-state index contributed by atoms with van der Waals surface area (Å²) in [7, 11) is -8.25. The minimum atomic E-state index is -5.08. The van der Waals surface area contributed by atoms with E-state index in [1.165, 1.54) is 15.5 Å². The number of hydrogen-bond donors (Lipinski definition) is 8. The second-order valence-electron chi connectivity index (χ2n) is 10.2. The van der Waals surface area contributed by atoms with Crippen LogP contribution in [0.25, 0.3) is 22.3 Å². The summed E-state index contributed by atoms with van der Waals surface area (Å²) in [5.74, 6) is -0.197. The molecule has 10 N–H and O–H groups in total. The third kappa shape index (κ3) is 6.03. The molecule has 0 radical (unpaired) electrons. The van der Waals surface area contributed by atoms with Crippen LogP contribution in [0.15, 0.2) is 23.8 Å². The van der Waals surface area contributed by atoms with Gasteiger partial charge in [-0.15, -0.1) is 0 Å². The number of imidazole rings is 2. The van der Waals surface area contributed by atoms with Crippen molar-refractivity contribution in [3.05, 3.63) is 29.3 Å². The minimum Gasteiger partial charge on any atom is -0.394 e. The third-order valence-corrected chi connectivity index (χ3v) is 8.64. The van der Waals surface area contributed by atoms with Gasteiger partial charge in [-0.25, -0.2) is 24.5 Å². The van der Waals surface area contributed by atoms with Crippen molar-refractivity contribution in [3.8, 4) is 0 Å². The average molecular weight is 690 g/mol. The molecule has 0 aliphatic carbocycles. The van der Waals surface area contributed by atoms with Crippen molar-refractivity contribution in [1.29, 1.82) is 0 Å². The van der Waals surface area contributed by atoms with Gasteiger partial charge in [-0.2, -0.15) is 4.98 Å². The number of anilines is 2. The predicted molar refractivity (Wildman–Crippen MR) is 151 cm³/mol. The van der Waals surface area contributed by atoms with E-state index in [9.17, 15) is 39.0 Å². The second kappa shape index (κ2) is 12.6. The van der Waals surface area contributed by atoms with Crippen molar-refractivity contribution in [1.82, 2.24) is 39.0 Å². The van der Waals surface area contributed by atoms with E-state index in [4.69, 9.17) is 34.7 Å². The van der Waals surface area contributed by atoms with Crippen molar-refractivity contribution in [2.24, 2.45) is 0 Å². The highest BCUT2D eigenvalue weighted by atomic mass is 31.2. The van der Waals surface area contributed by atoms with Gasteiger partial charge < -0.3 is 50.8 Å². The number of nitrogens with one attached hydrogen (secondary N) is 1. The molecule has 2 fully saturated rings. The van der Waals surface area contributed by atoms with Gasteiger partial charge in [-0.3, -0.25) is 32.5 Å². The Balaban J connectivity index is 1.18. The molecule has 6 heterocycles. The summed E-state index contributed by atoms with van der Waals surface area (Å²) in [5, 5.41) is 31.8.